The summed E-state index contributed by atoms with van der Waals surface area (Å²) in [6, 6.07) is 24.8. The quantitative estimate of drug-likeness (QED) is 0.390. The predicted octanol–water partition coefficient (Wildman–Crippen LogP) is 1.88. The molecule has 1 heteroatoms. The van der Waals surface area contributed by atoms with Gasteiger partial charge in [0, 0.05) is 16.7 Å². The van der Waals surface area contributed by atoms with E-state index in [1.54, 1.807) is 0 Å². The molecule has 0 radical (unpaired) electrons. The fraction of sp³-hybridized carbons (Fsp3) is 0. The van der Waals surface area contributed by atoms with Crippen molar-refractivity contribution in [3.05, 3.63) is 89.5 Å². The standard InChI is InChI=1S/C24H16Si/c1-4-19-7-13-22(14-8-19)25(23-15-9-20(5-2)10-16-23)24-17-11-21(6-3)12-18-24/h1-3,7-18,25H. The normalized spacial score (nSPS) is 9.84. The Hall–Kier alpha value is -3.44. The molecule has 116 valence electrons. The van der Waals surface area contributed by atoms with Gasteiger partial charge in [-0.05, 0) is 36.4 Å². The summed E-state index contributed by atoms with van der Waals surface area (Å²) >= 11 is 0. The van der Waals surface area contributed by atoms with E-state index in [2.05, 4.69) is 54.2 Å². The van der Waals surface area contributed by atoms with Crippen molar-refractivity contribution in [2.75, 3.05) is 0 Å². The molecule has 0 unspecified atom stereocenters. The van der Waals surface area contributed by atoms with Crippen LogP contribution in [0.1, 0.15) is 16.7 Å². The molecule has 0 bridgehead atoms. The highest BCUT2D eigenvalue weighted by molar-refractivity contribution is 6.95. The molecular weight excluding hydrogens is 316 g/mol. The van der Waals surface area contributed by atoms with Crippen LogP contribution in [-0.2, 0) is 0 Å². The number of benzene rings is 3. The third kappa shape index (κ3) is 3.57. The van der Waals surface area contributed by atoms with E-state index in [1.165, 1.54) is 15.6 Å². The van der Waals surface area contributed by atoms with Crippen molar-refractivity contribution in [3.63, 3.8) is 0 Å². The van der Waals surface area contributed by atoms with Crippen molar-refractivity contribution in [1.82, 2.24) is 0 Å². The molecule has 0 aromatic heterocycles. The van der Waals surface area contributed by atoms with E-state index >= 15 is 0 Å². The summed E-state index contributed by atoms with van der Waals surface area (Å²) < 4.78 is 0. The molecule has 0 nitrogen and oxygen atoms in total. The second-order valence-corrected chi connectivity index (χ2v) is 8.60. The number of terminal acetylenes is 3. The van der Waals surface area contributed by atoms with E-state index in [1.807, 2.05) is 36.4 Å². The Morgan fingerprint density at radius 2 is 0.680 bits per heavy atom. The molecule has 0 N–H and O–H groups in total. The zero-order chi connectivity index (χ0) is 17.6. The Morgan fingerprint density at radius 1 is 0.440 bits per heavy atom. The van der Waals surface area contributed by atoms with E-state index in [-0.39, 0.29) is 0 Å². The van der Waals surface area contributed by atoms with Crippen molar-refractivity contribution >= 4 is 24.4 Å². The maximum Gasteiger partial charge on any atom is 0.132 e. The zero-order valence-corrected chi connectivity index (χ0v) is 14.9. The van der Waals surface area contributed by atoms with Crippen LogP contribution in [0.4, 0.5) is 0 Å². The van der Waals surface area contributed by atoms with Gasteiger partial charge >= 0.3 is 0 Å². The molecule has 0 saturated heterocycles. The van der Waals surface area contributed by atoms with Gasteiger partial charge in [0.1, 0.15) is 8.80 Å². The average molecular weight is 332 g/mol. The molecule has 0 amide bonds. The van der Waals surface area contributed by atoms with Crippen LogP contribution in [0.25, 0.3) is 0 Å². The molecule has 0 heterocycles. The monoisotopic (exact) mass is 332 g/mol. The Balaban J connectivity index is 2.10. The summed E-state index contributed by atoms with van der Waals surface area (Å²) in [6.45, 7) is 0. The van der Waals surface area contributed by atoms with E-state index in [0.29, 0.717) is 0 Å². The van der Waals surface area contributed by atoms with Crippen molar-refractivity contribution in [2.45, 2.75) is 0 Å². The van der Waals surface area contributed by atoms with Gasteiger partial charge in [-0.25, -0.2) is 0 Å². The molecule has 0 aliphatic rings. The highest BCUT2D eigenvalue weighted by Crippen LogP contribution is 2.02. The minimum Gasteiger partial charge on any atom is -0.115 e. The first-order valence-electron chi connectivity index (χ1n) is 7.95. The molecule has 3 aromatic rings. The molecule has 0 spiro atoms. The molecule has 0 saturated carbocycles. The second-order valence-electron chi connectivity index (χ2n) is 5.73. The lowest BCUT2D eigenvalue weighted by Crippen LogP contribution is -2.51. The molecule has 3 rings (SSSR count). The van der Waals surface area contributed by atoms with E-state index < -0.39 is 8.80 Å². The first-order valence-corrected chi connectivity index (χ1v) is 9.68. The number of hydrogen-bond donors (Lipinski definition) is 0. The topological polar surface area (TPSA) is 0 Å². The van der Waals surface area contributed by atoms with Gasteiger partial charge in [-0.2, -0.15) is 0 Å². The molecule has 0 aliphatic heterocycles. The van der Waals surface area contributed by atoms with Gasteiger partial charge in [0.25, 0.3) is 0 Å². The summed E-state index contributed by atoms with van der Waals surface area (Å²) in [5, 5.41) is 3.92. The SMILES string of the molecule is C#Cc1ccc([SiH](c2ccc(C#C)cc2)c2ccc(C#C)cc2)cc1. The fourth-order valence-electron chi connectivity index (χ4n) is 2.89. The van der Waals surface area contributed by atoms with Crippen molar-refractivity contribution in [3.8, 4) is 37.0 Å². The van der Waals surface area contributed by atoms with E-state index in [0.717, 1.165) is 16.7 Å². The highest BCUT2D eigenvalue weighted by atomic mass is 28.3. The van der Waals surface area contributed by atoms with Gasteiger partial charge in [0.15, 0.2) is 0 Å². The van der Waals surface area contributed by atoms with Crippen molar-refractivity contribution < 1.29 is 0 Å². The van der Waals surface area contributed by atoms with Gasteiger partial charge in [-0.15, -0.1) is 19.3 Å². The minimum absolute atomic E-state index is 0.891. The second kappa shape index (κ2) is 7.42. The maximum absolute atomic E-state index is 5.49. The smallest absolute Gasteiger partial charge is 0.115 e. The van der Waals surface area contributed by atoms with Gasteiger partial charge in [0.2, 0.25) is 0 Å². The van der Waals surface area contributed by atoms with Crippen LogP contribution in [0, 0.1) is 37.0 Å². The van der Waals surface area contributed by atoms with Crippen LogP contribution in [0.15, 0.2) is 72.8 Å². The summed E-state index contributed by atoms with van der Waals surface area (Å²) in [6.07, 6.45) is 16.5. The first kappa shape index (κ1) is 16.4. The van der Waals surface area contributed by atoms with Gasteiger partial charge < -0.3 is 0 Å². The van der Waals surface area contributed by atoms with Crippen LogP contribution in [0.5, 0.6) is 0 Å². The summed E-state index contributed by atoms with van der Waals surface area (Å²) in [4.78, 5) is 0. The van der Waals surface area contributed by atoms with Crippen LogP contribution in [0.3, 0.4) is 0 Å². The van der Waals surface area contributed by atoms with Crippen LogP contribution >= 0.6 is 0 Å². The molecule has 25 heavy (non-hydrogen) atoms. The van der Waals surface area contributed by atoms with Crippen LogP contribution in [-0.4, -0.2) is 8.80 Å². The Morgan fingerprint density at radius 3 is 0.880 bits per heavy atom. The zero-order valence-electron chi connectivity index (χ0n) is 13.7. The van der Waals surface area contributed by atoms with Crippen LogP contribution < -0.4 is 15.6 Å². The summed E-state index contributed by atoms with van der Waals surface area (Å²) in [5.74, 6) is 8.02. The molecule has 0 aliphatic carbocycles. The average Bonchev–Trinajstić information content (AvgIpc) is 2.70. The Bertz CT molecular complexity index is 850. The molecule has 0 fully saturated rings. The largest absolute Gasteiger partial charge is 0.132 e. The molecule has 0 atom stereocenters. The van der Waals surface area contributed by atoms with Gasteiger partial charge in [-0.1, -0.05) is 69.7 Å². The van der Waals surface area contributed by atoms with Crippen LogP contribution in [0.2, 0.25) is 0 Å². The Labute approximate surface area is 151 Å². The summed E-state index contributed by atoms with van der Waals surface area (Å²) in [5.41, 5.74) is 2.67. The predicted molar refractivity (Wildman–Crippen MR) is 109 cm³/mol. The maximum atomic E-state index is 5.49. The lowest BCUT2D eigenvalue weighted by atomic mass is 10.2. The van der Waals surface area contributed by atoms with Crippen molar-refractivity contribution in [2.24, 2.45) is 0 Å². The number of rotatable bonds is 3. The number of hydrogen-bond acceptors (Lipinski definition) is 0. The van der Waals surface area contributed by atoms with E-state index in [4.69, 9.17) is 19.3 Å². The van der Waals surface area contributed by atoms with E-state index in [9.17, 15) is 0 Å². The fourth-order valence-corrected chi connectivity index (χ4v) is 5.78. The van der Waals surface area contributed by atoms with Gasteiger partial charge in [-0.3, -0.25) is 0 Å². The minimum atomic E-state index is -1.61. The molecular formula is C24H16Si. The molecule has 3 aromatic carbocycles. The van der Waals surface area contributed by atoms with Crippen molar-refractivity contribution in [1.29, 1.82) is 0 Å². The summed E-state index contributed by atoms with van der Waals surface area (Å²) in [7, 11) is -1.61. The first-order chi connectivity index (χ1) is 12.2. The lowest BCUT2D eigenvalue weighted by molar-refractivity contribution is 1.65. The highest BCUT2D eigenvalue weighted by Gasteiger charge is 2.18. The third-order valence-electron chi connectivity index (χ3n) is 4.23. The Kier molecular flexibility index (Phi) is 4.87. The lowest BCUT2D eigenvalue weighted by Gasteiger charge is -2.17. The van der Waals surface area contributed by atoms with Gasteiger partial charge in [0.05, 0.1) is 0 Å². The third-order valence-corrected chi connectivity index (χ3v) is 7.39.